The van der Waals surface area contributed by atoms with Gasteiger partial charge in [-0.2, -0.15) is 0 Å². The van der Waals surface area contributed by atoms with Gasteiger partial charge in [-0.05, 0) is 31.1 Å². The summed E-state index contributed by atoms with van der Waals surface area (Å²) in [4.78, 5) is 11.7. The summed E-state index contributed by atoms with van der Waals surface area (Å²) in [5.41, 5.74) is 5.65. The van der Waals surface area contributed by atoms with Gasteiger partial charge in [-0.1, -0.05) is 26.2 Å². The van der Waals surface area contributed by atoms with Crippen molar-refractivity contribution >= 4 is 5.91 Å². The molecule has 2 rings (SSSR count). The first kappa shape index (κ1) is 10.9. The number of hydrogen-bond donors (Lipinski definition) is 2. The summed E-state index contributed by atoms with van der Waals surface area (Å²) < 4.78 is 0. The second kappa shape index (κ2) is 3.78. The van der Waals surface area contributed by atoms with E-state index in [0.717, 1.165) is 19.4 Å². The van der Waals surface area contributed by atoms with Gasteiger partial charge in [0.1, 0.15) is 0 Å². The minimum absolute atomic E-state index is 0.0642. The standard InChI is InChI=1S/C12H22N2O/c1-11(5-3-2-4-6-11)9-14-10(15)12(13)7-8-12/h2-9,13H2,1H3,(H,14,15). The molecule has 0 aromatic heterocycles. The fraction of sp³-hybridized carbons (Fsp3) is 0.917. The number of rotatable bonds is 3. The Morgan fingerprint density at radius 1 is 1.20 bits per heavy atom. The van der Waals surface area contributed by atoms with E-state index in [1.807, 2.05) is 0 Å². The van der Waals surface area contributed by atoms with Crippen molar-refractivity contribution in [3.8, 4) is 0 Å². The largest absolute Gasteiger partial charge is 0.354 e. The molecule has 0 bridgehead atoms. The van der Waals surface area contributed by atoms with E-state index in [0.29, 0.717) is 5.41 Å². The third-order valence-corrected chi connectivity index (χ3v) is 3.98. The highest BCUT2D eigenvalue weighted by Gasteiger charge is 2.46. The summed E-state index contributed by atoms with van der Waals surface area (Å²) in [5, 5.41) is 3.03. The Balaban J connectivity index is 1.79. The van der Waals surface area contributed by atoms with Gasteiger partial charge in [-0.3, -0.25) is 4.79 Å². The topological polar surface area (TPSA) is 55.1 Å². The Hall–Kier alpha value is -0.570. The minimum atomic E-state index is -0.509. The molecule has 0 saturated heterocycles. The maximum absolute atomic E-state index is 11.7. The first-order chi connectivity index (χ1) is 7.04. The molecule has 2 aliphatic rings. The average Bonchev–Trinajstić information content (AvgIpc) is 2.96. The van der Waals surface area contributed by atoms with Gasteiger partial charge in [0.05, 0.1) is 5.54 Å². The highest BCUT2D eigenvalue weighted by atomic mass is 16.2. The zero-order valence-corrected chi connectivity index (χ0v) is 9.64. The quantitative estimate of drug-likeness (QED) is 0.743. The van der Waals surface area contributed by atoms with E-state index >= 15 is 0 Å². The van der Waals surface area contributed by atoms with Crippen LogP contribution in [0.15, 0.2) is 0 Å². The van der Waals surface area contributed by atoms with Gasteiger partial charge < -0.3 is 11.1 Å². The summed E-state index contributed by atoms with van der Waals surface area (Å²) in [7, 11) is 0. The van der Waals surface area contributed by atoms with E-state index in [4.69, 9.17) is 5.73 Å². The fourth-order valence-corrected chi connectivity index (χ4v) is 2.41. The van der Waals surface area contributed by atoms with Crippen LogP contribution < -0.4 is 11.1 Å². The van der Waals surface area contributed by atoms with Crippen molar-refractivity contribution in [2.75, 3.05) is 6.54 Å². The third kappa shape index (κ3) is 2.51. The molecule has 15 heavy (non-hydrogen) atoms. The lowest BCUT2D eigenvalue weighted by atomic mass is 9.76. The van der Waals surface area contributed by atoms with Crippen LogP contribution in [0.1, 0.15) is 51.9 Å². The highest BCUT2D eigenvalue weighted by molar-refractivity contribution is 5.88. The molecule has 3 heteroatoms. The molecule has 2 aliphatic carbocycles. The SMILES string of the molecule is CC1(CNC(=O)C2(N)CC2)CCCCC1. The van der Waals surface area contributed by atoms with E-state index in [-0.39, 0.29) is 5.91 Å². The smallest absolute Gasteiger partial charge is 0.240 e. The van der Waals surface area contributed by atoms with Gasteiger partial charge in [0.25, 0.3) is 0 Å². The molecular weight excluding hydrogens is 188 g/mol. The summed E-state index contributed by atoms with van der Waals surface area (Å²) >= 11 is 0. The summed E-state index contributed by atoms with van der Waals surface area (Å²) in [5.74, 6) is 0.0642. The number of carbonyl (C=O) groups is 1. The Bertz CT molecular complexity index is 252. The molecule has 0 radical (unpaired) electrons. The number of nitrogens with one attached hydrogen (secondary N) is 1. The molecule has 1 amide bonds. The van der Waals surface area contributed by atoms with Crippen LogP contribution in [0.5, 0.6) is 0 Å². The molecule has 2 fully saturated rings. The first-order valence-electron chi connectivity index (χ1n) is 6.11. The second-order valence-electron chi connectivity index (χ2n) is 5.71. The number of hydrogen-bond acceptors (Lipinski definition) is 2. The van der Waals surface area contributed by atoms with Gasteiger partial charge in [0.2, 0.25) is 5.91 Å². The third-order valence-electron chi connectivity index (χ3n) is 3.98. The Morgan fingerprint density at radius 3 is 2.33 bits per heavy atom. The molecule has 0 unspecified atom stereocenters. The van der Waals surface area contributed by atoms with E-state index in [2.05, 4.69) is 12.2 Å². The molecule has 3 nitrogen and oxygen atoms in total. The lowest BCUT2D eigenvalue weighted by Crippen LogP contribution is -2.46. The zero-order chi connectivity index (χ0) is 10.9. The van der Waals surface area contributed by atoms with Gasteiger partial charge in [0.15, 0.2) is 0 Å². The second-order valence-corrected chi connectivity index (χ2v) is 5.71. The predicted octanol–water partition coefficient (Wildman–Crippen LogP) is 1.56. The Morgan fingerprint density at radius 2 is 1.80 bits per heavy atom. The maximum Gasteiger partial charge on any atom is 0.240 e. The monoisotopic (exact) mass is 210 g/mol. The van der Waals surface area contributed by atoms with Crippen LogP contribution in [0.3, 0.4) is 0 Å². The highest BCUT2D eigenvalue weighted by Crippen LogP contribution is 2.36. The van der Waals surface area contributed by atoms with Crippen molar-refractivity contribution in [1.29, 1.82) is 0 Å². The lowest BCUT2D eigenvalue weighted by Gasteiger charge is -2.34. The molecule has 0 atom stereocenters. The van der Waals surface area contributed by atoms with Gasteiger partial charge in [-0.15, -0.1) is 0 Å². The molecule has 0 aromatic rings. The number of amides is 1. The van der Waals surface area contributed by atoms with Crippen LogP contribution in [0.25, 0.3) is 0 Å². The summed E-state index contributed by atoms with van der Waals surface area (Å²) in [6.45, 7) is 3.09. The van der Waals surface area contributed by atoms with Gasteiger partial charge >= 0.3 is 0 Å². The molecule has 0 spiro atoms. The van der Waals surface area contributed by atoms with Crippen molar-refractivity contribution in [3.05, 3.63) is 0 Å². The first-order valence-corrected chi connectivity index (χ1v) is 6.11. The normalized spacial score (nSPS) is 27.1. The van der Waals surface area contributed by atoms with Gasteiger partial charge in [-0.25, -0.2) is 0 Å². The molecular formula is C12H22N2O. The predicted molar refractivity (Wildman–Crippen MR) is 60.4 cm³/mol. The summed E-state index contributed by atoms with van der Waals surface area (Å²) in [6.07, 6.45) is 8.16. The van der Waals surface area contributed by atoms with Crippen molar-refractivity contribution in [2.45, 2.75) is 57.4 Å². The van der Waals surface area contributed by atoms with E-state index in [9.17, 15) is 4.79 Å². The minimum Gasteiger partial charge on any atom is -0.354 e. The molecule has 86 valence electrons. The van der Waals surface area contributed by atoms with Crippen molar-refractivity contribution in [1.82, 2.24) is 5.32 Å². The van der Waals surface area contributed by atoms with Crippen molar-refractivity contribution in [3.63, 3.8) is 0 Å². The lowest BCUT2D eigenvalue weighted by molar-refractivity contribution is -0.123. The van der Waals surface area contributed by atoms with Crippen LogP contribution >= 0.6 is 0 Å². The van der Waals surface area contributed by atoms with Crippen molar-refractivity contribution < 1.29 is 4.79 Å². The Kier molecular flexibility index (Phi) is 2.75. The van der Waals surface area contributed by atoms with Crippen LogP contribution in [0, 0.1) is 5.41 Å². The van der Waals surface area contributed by atoms with Crippen LogP contribution in [-0.4, -0.2) is 18.0 Å². The number of carbonyl (C=O) groups excluding carboxylic acids is 1. The molecule has 0 aromatic carbocycles. The zero-order valence-electron chi connectivity index (χ0n) is 9.64. The summed E-state index contributed by atoms with van der Waals surface area (Å²) in [6, 6.07) is 0. The fourth-order valence-electron chi connectivity index (χ4n) is 2.41. The molecule has 2 saturated carbocycles. The van der Waals surface area contributed by atoms with E-state index in [1.54, 1.807) is 0 Å². The van der Waals surface area contributed by atoms with E-state index in [1.165, 1.54) is 32.1 Å². The molecule has 0 aliphatic heterocycles. The number of nitrogens with two attached hydrogens (primary N) is 1. The molecule has 3 N–H and O–H groups in total. The average molecular weight is 210 g/mol. The molecule has 0 heterocycles. The van der Waals surface area contributed by atoms with E-state index < -0.39 is 5.54 Å². The van der Waals surface area contributed by atoms with Crippen LogP contribution in [-0.2, 0) is 4.79 Å². The van der Waals surface area contributed by atoms with Crippen molar-refractivity contribution in [2.24, 2.45) is 11.1 Å². The van der Waals surface area contributed by atoms with Crippen LogP contribution in [0.4, 0.5) is 0 Å². The van der Waals surface area contributed by atoms with Crippen LogP contribution in [0.2, 0.25) is 0 Å². The maximum atomic E-state index is 11.7. The Labute approximate surface area is 91.8 Å². The van der Waals surface area contributed by atoms with Gasteiger partial charge in [0, 0.05) is 6.54 Å².